The molecule has 7 nitrogen and oxygen atoms in total. The molecular weight excluding hydrogens is 439 g/mol. The molecule has 4 rings (SSSR count). The number of carbonyl (C=O) groups is 1. The van der Waals surface area contributed by atoms with Crippen molar-refractivity contribution in [3.63, 3.8) is 0 Å². The van der Waals surface area contributed by atoms with E-state index in [9.17, 15) is 9.18 Å². The first-order valence-corrected chi connectivity index (χ1v) is 10.6. The minimum atomic E-state index is -0.484. The number of halogens is 1. The third kappa shape index (κ3) is 5.35. The van der Waals surface area contributed by atoms with Crippen molar-refractivity contribution in [1.29, 1.82) is 0 Å². The number of methoxy groups -OCH3 is 1. The molecule has 174 valence electrons. The Balaban J connectivity index is 1.39. The number of nitrogens with zero attached hydrogens (tertiary/aromatic N) is 1. The molecule has 1 heterocycles. The first-order valence-electron chi connectivity index (χ1n) is 10.6. The molecule has 34 heavy (non-hydrogen) atoms. The molecule has 0 bridgehead atoms. The lowest BCUT2D eigenvalue weighted by atomic mass is 10.2. The predicted octanol–water partition coefficient (Wildman–Crippen LogP) is 5.32. The number of furan rings is 1. The minimum Gasteiger partial charge on any atom is -0.494 e. The summed E-state index contributed by atoms with van der Waals surface area (Å²) in [7, 11) is 1.51. The number of benzene rings is 3. The van der Waals surface area contributed by atoms with Crippen LogP contribution in [0.3, 0.4) is 0 Å². The Hall–Kier alpha value is -4.33. The zero-order valence-electron chi connectivity index (χ0n) is 18.7. The van der Waals surface area contributed by atoms with E-state index in [-0.39, 0.29) is 18.2 Å². The average Bonchev–Trinajstić information content (AvgIpc) is 3.28. The molecule has 0 saturated heterocycles. The van der Waals surface area contributed by atoms with Gasteiger partial charge >= 0.3 is 5.91 Å². The van der Waals surface area contributed by atoms with Gasteiger partial charge in [-0.05, 0) is 61.0 Å². The van der Waals surface area contributed by atoms with Gasteiger partial charge in [-0.25, -0.2) is 9.82 Å². The van der Waals surface area contributed by atoms with Crippen molar-refractivity contribution in [3.8, 4) is 17.2 Å². The van der Waals surface area contributed by atoms with E-state index in [0.29, 0.717) is 40.6 Å². The summed E-state index contributed by atoms with van der Waals surface area (Å²) in [5.41, 5.74) is 4.13. The van der Waals surface area contributed by atoms with E-state index in [0.717, 1.165) is 5.39 Å². The number of hydrogen-bond donors (Lipinski definition) is 1. The van der Waals surface area contributed by atoms with E-state index in [1.807, 2.05) is 13.0 Å². The largest absolute Gasteiger partial charge is 0.494 e. The molecule has 0 aliphatic rings. The van der Waals surface area contributed by atoms with E-state index in [1.165, 1.54) is 19.4 Å². The third-order valence-electron chi connectivity index (χ3n) is 4.93. The Morgan fingerprint density at radius 3 is 2.71 bits per heavy atom. The number of hydrogen-bond acceptors (Lipinski definition) is 6. The van der Waals surface area contributed by atoms with Crippen molar-refractivity contribution in [1.82, 2.24) is 5.43 Å². The average molecular weight is 462 g/mol. The summed E-state index contributed by atoms with van der Waals surface area (Å²) < 4.78 is 35.9. The van der Waals surface area contributed by atoms with Gasteiger partial charge in [0.2, 0.25) is 0 Å². The summed E-state index contributed by atoms with van der Waals surface area (Å²) in [6.07, 6.45) is 1.47. The molecule has 0 fully saturated rings. The Morgan fingerprint density at radius 2 is 1.91 bits per heavy atom. The summed E-state index contributed by atoms with van der Waals surface area (Å²) in [6.45, 7) is 2.52. The molecular formula is C26H23FN2O5. The number of carbonyl (C=O) groups excluding carboxylic acids is 1. The molecule has 0 saturated carbocycles. The summed E-state index contributed by atoms with van der Waals surface area (Å²) in [6, 6.07) is 18.5. The van der Waals surface area contributed by atoms with Crippen molar-refractivity contribution >= 4 is 23.1 Å². The van der Waals surface area contributed by atoms with Crippen LogP contribution in [0.4, 0.5) is 4.39 Å². The molecule has 0 atom stereocenters. The fourth-order valence-corrected chi connectivity index (χ4v) is 3.27. The highest BCUT2D eigenvalue weighted by atomic mass is 19.1. The molecule has 1 N–H and O–H groups in total. The molecule has 0 aliphatic carbocycles. The van der Waals surface area contributed by atoms with Crippen molar-refractivity contribution in [2.75, 3.05) is 13.7 Å². The van der Waals surface area contributed by atoms with Crippen LogP contribution >= 0.6 is 0 Å². The third-order valence-corrected chi connectivity index (χ3v) is 4.93. The van der Waals surface area contributed by atoms with E-state index in [2.05, 4.69) is 10.5 Å². The van der Waals surface area contributed by atoms with Gasteiger partial charge in [-0.2, -0.15) is 5.10 Å². The zero-order valence-corrected chi connectivity index (χ0v) is 18.7. The molecule has 0 radical (unpaired) electrons. The molecule has 0 spiro atoms. The number of amides is 1. The number of nitrogens with one attached hydrogen (secondary N) is 1. The van der Waals surface area contributed by atoms with Crippen LogP contribution in [0.1, 0.15) is 28.6 Å². The lowest BCUT2D eigenvalue weighted by Crippen LogP contribution is -2.16. The quantitative estimate of drug-likeness (QED) is 0.269. The smallest absolute Gasteiger partial charge is 0.307 e. The fourth-order valence-electron chi connectivity index (χ4n) is 3.27. The molecule has 1 amide bonds. The molecule has 4 aromatic rings. The summed E-state index contributed by atoms with van der Waals surface area (Å²) >= 11 is 0. The van der Waals surface area contributed by atoms with E-state index in [1.54, 1.807) is 54.6 Å². The van der Waals surface area contributed by atoms with E-state index >= 15 is 0 Å². The molecule has 8 heteroatoms. The van der Waals surface area contributed by atoms with Gasteiger partial charge < -0.3 is 18.6 Å². The lowest BCUT2D eigenvalue weighted by Gasteiger charge is -2.11. The normalized spacial score (nSPS) is 11.0. The Kier molecular flexibility index (Phi) is 7.07. The van der Waals surface area contributed by atoms with Crippen LogP contribution in [0.15, 0.2) is 76.2 Å². The lowest BCUT2D eigenvalue weighted by molar-refractivity contribution is 0.0929. The Labute approximate surface area is 195 Å². The van der Waals surface area contributed by atoms with Gasteiger partial charge in [-0.3, -0.25) is 4.79 Å². The molecule has 0 aliphatic heterocycles. The van der Waals surface area contributed by atoms with Crippen molar-refractivity contribution in [3.05, 3.63) is 89.4 Å². The predicted molar refractivity (Wildman–Crippen MR) is 126 cm³/mol. The molecule has 0 unspecified atom stereocenters. The van der Waals surface area contributed by atoms with Crippen LogP contribution < -0.4 is 19.6 Å². The second kappa shape index (κ2) is 10.5. The van der Waals surface area contributed by atoms with Gasteiger partial charge in [0.15, 0.2) is 17.3 Å². The highest BCUT2D eigenvalue weighted by molar-refractivity contribution is 5.96. The monoisotopic (exact) mass is 462 g/mol. The number of ether oxygens (including phenoxy) is 3. The SMILES string of the molecule is CCOc1ccc2oc(C(=O)N/N=C/c3ccc(OCc4ccccc4F)c(OC)c3)cc2c1. The van der Waals surface area contributed by atoms with Crippen LogP contribution in [-0.2, 0) is 6.61 Å². The second-order valence-electron chi connectivity index (χ2n) is 7.23. The first-order chi connectivity index (χ1) is 16.6. The van der Waals surface area contributed by atoms with Crippen LogP contribution in [0.2, 0.25) is 0 Å². The van der Waals surface area contributed by atoms with E-state index < -0.39 is 5.91 Å². The van der Waals surface area contributed by atoms with Crippen molar-refractivity contribution in [2.24, 2.45) is 5.10 Å². The Bertz CT molecular complexity index is 1330. The van der Waals surface area contributed by atoms with Crippen LogP contribution in [0, 0.1) is 5.82 Å². The van der Waals surface area contributed by atoms with Gasteiger partial charge in [-0.1, -0.05) is 18.2 Å². The van der Waals surface area contributed by atoms with Crippen LogP contribution in [-0.4, -0.2) is 25.8 Å². The second-order valence-corrected chi connectivity index (χ2v) is 7.23. The van der Waals surface area contributed by atoms with Gasteiger partial charge in [0, 0.05) is 10.9 Å². The van der Waals surface area contributed by atoms with Gasteiger partial charge in [0.1, 0.15) is 23.8 Å². The number of rotatable bonds is 9. The van der Waals surface area contributed by atoms with Gasteiger partial charge in [0.25, 0.3) is 0 Å². The standard InChI is InChI=1S/C26H23FN2O5/c1-3-32-20-9-11-22-19(13-20)14-25(34-22)26(30)29-28-15-17-8-10-23(24(12-17)31-2)33-16-18-6-4-5-7-21(18)27/h4-15H,3,16H2,1-2H3,(H,29,30)/b28-15+. The first kappa shape index (κ1) is 22.8. The number of hydrazone groups is 1. The van der Waals surface area contributed by atoms with Gasteiger partial charge in [0.05, 0.1) is 19.9 Å². The summed E-state index contributed by atoms with van der Waals surface area (Å²) in [4.78, 5) is 12.4. The molecule has 3 aromatic carbocycles. The fraction of sp³-hybridized carbons (Fsp3) is 0.154. The maximum absolute atomic E-state index is 13.8. The van der Waals surface area contributed by atoms with Crippen LogP contribution in [0.25, 0.3) is 11.0 Å². The highest BCUT2D eigenvalue weighted by Crippen LogP contribution is 2.29. The zero-order chi connectivity index (χ0) is 23.9. The van der Waals surface area contributed by atoms with Crippen molar-refractivity contribution in [2.45, 2.75) is 13.5 Å². The summed E-state index contributed by atoms with van der Waals surface area (Å²) in [5, 5.41) is 4.75. The summed E-state index contributed by atoms with van der Waals surface area (Å²) in [5.74, 6) is 0.934. The molecule has 1 aromatic heterocycles. The number of fused-ring (bicyclic) bond motifs is 1. The van der Waals surface area contributed by atoms with Gasteiger partial charge in [-0.15, -0.1) is 0 Å². The minimum absolute atomic E-state index is 0.0656. The topological polar surface area (TPSA) is 82.3 Å². The Morgan fingerprint density at radius 1 is 1.06 bits per heavy atom. The van der Waals surface area contributed by atoms with Crippen LogP contribution in [0.5, 0.6) is 17.2 Å². The maximum atomic E-state index is 13.8. The highest BCUT2D eigenvalue weighted by Gasteiger charge is 2.12. The maximum Gasteiger partial charge on any atom is 0.307 e. The van der Waals surface area contributed by atoms with Crippen molar-refractivity contribution < 1.29 is 27.8 Å². The van der Waals surface area contributed by atoms with E-state index in [4.69, 9.17) is 18.6 Å².